The molecule has 1 heterocycles. The van der Waals surface area contributed by atoms with Crippen molar-refractivity contribution in [3.8, 4) is 0 Å². The molecule has 0 bridgehead atoms. The maximum absolute atomic E-state index is 5.99. The molecule has 0 spiro atoms. The number of nitrogens with two attached hydrogens (primary N) is 1. The Bertz CT molecular complexity index is 177. The monoisotopic (exact) mass is 211 g/mol. The van der Waals surface area contributed by atoms with Gasteiger partial charge in [0.25, 0.3) is 0 Å². The van der Waals surface area contributed by atoms with Crippen LogP contribution >= 0.6 is 0 Å². The van der Waals surface area contributed by atoms with E-state index in [2.05, 4.69) is 0 Å². The molecule has 2 heteroatoms. The zero-order valence-electron chi connectivity index (χ0n) is 9.79. The molecule has 0 amide bonds. The van der Waals surface area contributed by atoms with Crippen LogP contribution in [-0.4, -0.2) is 18.8 Å². The van der Waals surface area contributed by atoms with Crippen LogP contribution in [0.4, 0.5) is 0 Å². The molecule has 2 rings (SSSR count). The molecule has 0 radical (unpaired) electrons. The molecule has 3 atom stereocenters. The van der Waals surface area contributed by atoms with Gasteiger partial charge >= 0.3 is 0 Å². The normalized spacial score (nSPS) is 37.0. The fraction of sp³-hybridized carbons (Fsp3) is 1.00. The Labute approximate surface area is 93.6 Å². The van der Waals surface area contributed by atoms with Gasteiger partial charge in [0.1, 0.15) is 0 Å². The van der Waals surface area contributed by atoms with Crippen LogP contribution in [0.15, 0.2) is 0 Å². The predicted octanol–water partition coefficient (Wildman–Crippen LogP) is 2.85. The Balaban J connectivity index is 1.56. The molecule has 1 aliphatic heterocycles. The van der Waals surface area contributed by atoms with Crippen molar-refractivity contribution in [3.05, 3.63) is 0 Å². The zero-order valence-corrected chi connectivity index (χ0v) is 9.79. The largest absolute Gasteiger partial charge is 0.378 e. The lowest BCUT2D eigenvalue weighted by molar-refractivity contribution is 0.0998. The maximum Gasteiger partial charge on any atom is 0.0576 e. The molecule has 1 aliphatic carbocycles. The van der Waals surface area contributed by atoms with Crippen LogP contribution in [0, 0.1) is 5.92 Å². The van der Waals surface area contributed by atoms with Gasteiger partial charge in [-0.25, -0.2) is 0 Å². The van der Waals surface area contributed by atoms with Crippen molar-refractivity contribution in [2.45, 2.75) is 69.9 Å². The standard InChI is InChI=1S/C13H25NO/c14-12-6-1-4-11(10-12)5-2-7-13-8-3-9-15-13/h11-13H,1-10,14H2. The van der Waals surface area contributed by atoms with E-state index < -0.39 is 0 Å². The average Bonchev–Trinajstić information content (AvgIpc) is 2.71. The molecule has 0 aromatic carbocycles. The van der Waals surface area contributed by atoms with Gasteiger partial charge in [0.05, 0.1) is 6.10 Å². The van der Waals surface area contributed by atoms with Gasteiger partial charge in [-0.2, -0.15) is 0 Å². The first kappa shape index (κ1) is 11.4. The molecule has 2 nitrogen and oxygen atoms in total. The number of ether oxygens (including phenoxy) is 1. The van der Waals surface area contributed by atoms with E-state index in [0.29, 0.717) is 12.1 Å². The maximum atomic E-state index is 5.99. The second-order valence-electron chi connectivity index (χ2n) is 5.36. The van der Waals surface area contributed by atoms with Gasteiger partial charge in [0.15, 0.2) is 0 Å². The molecule has 1 saturated heterocycles. The molecule has 88 valence electrons. The van der Waals surface area contributed by atoms with Crippen LogP contribution in [-0.2, 0) is 4.74 Å². The summed E-state index contributed by atoms with van der Waals surface area (Å²) in [5, 5.41) is 0. The lowest BCUT2D eigenvalue weighted by Crippen LogP contribution is -2.27. The lowest BCUT2D eigenvalue weighted by atomic mass is 9.83. The van der Waals surface area contributed by atoms with E-state index >= 15 is 0 Å². The van der Waals surface area contributed by atoms with Crippen molar-refractivity contribution in [2.75, 3.05) is 6.61 Å². The van der Waals surface area contributed by atoms with Crippen LogP contribution in [0.25, 0.3) is 0 Å². The summed E-state index contributed by atoms with van der Waals surface area (Å²) >= 11 is 0. The van der Waals surface area contributed by atoms with Crippen molar-refractivity contribution < 1.29 is 4.74 Å². The fourth-order valence-electron chi connectivity index (χ4n) is 3.10. The molecular weight excluding hydrogens is 186 g/mol. The highest BCUT2D eigenvalue weighted by Crippen LogP contribution is 2.28. The summed E-state index contributed by atoms with van der Waals surface area (Å²) < 4.78 is 5.64. The Hall–Kier alpha value is -0.0800. The van der Waals surface area contributed by atoms with Crippen LogP contribution < -0.4 is 5.73 Å². The Kier molecular flexibility index (Phi) is 4.45. The second-order valence-corrected chi connectivity index (χ2v) is 5.36. The summed E-state index contributed by atoms with van der Waals surface area (Å²) in [5.74, 6) is 0.912. The minimum Gasteiger partial charge on any atom is -0.378 e. The first-order chi connectivity index (χ1) is 7.34. The van der Waals surface area contributed by atoms with Gasteiger partial charge in [0, 0.05) is 12.6 Å². The summed E-state index contributed by atoms with van der Waals surface area (Å²) in [4.78, 5) is 0. The molecule has 2 aliphatic rings. The number of rotatable bonds is 4. The van der Waals surface area contributed by atoms with Gasteiger partial charge in [0.2, 0.25) is 0 Å². The fourth-order valence-corrected chi connectivity index (χ4v) is 3.10. The summed E-state index contributed by atoms with van der Waals surface area (Å²) in [7, 11) is 0. The Morgan fingerprint density at radius 3 is 2.73 bits per heavy atom. The molecule has 3 unspecified atom stereocenters. The summed E-state index contributed by atoms with van der Waals surface area (Å²) in [5.41, 5.74) is 5.99. The van der Waals surface area contributed by atoms with E-state index in [4.69, 9.17) is 10.5 Å². The molecule has 0 aromatic rings. The average molecular weight is 211 g/mol. The summed E-state index contributed by atoms with van der Waals surface area (Å²) in [6.45, 7) is 0.999. The van der Waals surface area contributed by atoms with Crippen molar-refractivity contribution in [1.29, 1.82) is 0 Å². The van der Waals surface area contributed by atoms with Crippen molar-refractivity contribution in [1.82, 2.24) is 0 Å². The molecule has 2 fully saturated rings. The summed E-state index contributed by atoms with van der Waals surface area (Å²) in [6, 6.07) is 0.492. The second kappa shape index (κ2) is 5.86. The van der Waals surface area contributed by atoms with Crippen LogP contribution in [0.1, 0.15) is 57.8 Å². The van der Waals surface area contributed by atoms with E-state index in [1.165, 1.54) is 57.8 Å². The predicted molar refractivity (Wildman–Crippen MR) is 62.8 cm³/mol. The smallest absolute Gasteiger partial charge is 0.0576 e. The van der Waals surface area contributed by atoms with Crippen molar-refractivity contribution in [2.24, 2.45) is 11.7 Å². The number of hydrogen-bond acceptors (Lipinski definition) is 2. The molecule has 1 saturated carbocycles. The third-order valence-corrected chi connectivity index (χ3v) is 3.99. The number of hydrogen-bond donors (Lipinski definition) is 1. The van der Waals surface area contributed by atoms with E-state index in [-0.39, 0.29) is 0 Å². The third kappa shape index (κ3) is 3.76. The van der Waals surface area contributed by atoms with Crippen LogP contribution in [0.3, 0.4) is 0 Å². The highest BCUT2D eigenvalue weighted by molar-refractivity contribution is 4.75. The lowest BCUT2D eigenvalue weighted by Gasteiger charge is -2.26. The van der Waals surface area contributed by atoms with Crippen LogP contribution in [0.5, 0.6) is 0 Å². The first-order valence-corrected chi connectivity index (χ1v) is 6.72. The summed E-state index contributed by atoms with van der Waals surface area (Å²) in [6.07, 6.45) is 12.5. The minimum atomic E-state index is 0.492. The van der Waals surface area contributed by atoms with Crippen LogP contribution in [0.2, 0.25) is 0 Å². The van der Waals surface area contributed by atoms with E-state index in [1.807, 2.05) is 0 Å². The minimum absolute atomic E-state index is 0.492. The molecule has 15 heavy (non-hydrogen) atoms. The van der Waals surface area contributed by atoms with E-state index in [9.17, 15) is 0 Å². The van der Waals surface area contributed by atoms with Gasteiger partial charge in [-0.3, -0.25) is 0 Å². The SMILES string of the molecule is NC1CCCC(CCCC2CCCO2)C1. The first-order valence-electron chi connectivity index (χ1n) is 6.72. The quantitative estimate of drug-likeness (QED) is 0.776. The van der Waals surface area contributed by atoms with Gasteiger partial charge in [-0.05, 0) is 38.0 Å². The molecule has 0 aromatic heterocycles. The van der Waals surface area contributed by atoms with Gasteiger partial charge < -0.3 is 10.5 Å². The van der Waals surface area contributed by atoms with E-state index in [1.54, 1.807) is 0 Å². The topological polar surface area (TPSA) is 35.2 Å². The Morgan fingerprint density at radius 1 is 1.07 bits per heavy atom. The van der Waals surface area contributed by atoms with Crippen molar-refractivity contribution in [3.63, 3.8) is 0 Å². The Morgan fingerprint density at radius 2 is 2.00 bits per heavy atom. The highest BCUT2D eigenvalue weighted by Gasteiger charge is 2.20. The molecular formula is C13H25NO. The third-order valence-electron chi connectivity index (χ3n) is 3.99. The van der Waals surface area contributed by atoms with Crippen molar-refractivity contribution >= 4 is 0 Å². The zero-order chi connectivity index (χ0) is 10.5. The van der Waals surface area contributed by atoms with Gasteiger partial charge in [-0.1, -0.05) is 25.7 Å². The highest BCUT2D eigenvalue weighted by atomic mass is 16.5. The van der Waals surface area contributed by atoms with E-state index in [0.717, 1.165) is 12.5 Å². The molecule has 2 N–H and O–H groups in total. The van der Waals surface area contributed by atoms with Gasteiger partial charge in [-0.15, -0.1) is 0 Å².